The molecule has 2 bridgehead atoms. The van der Waals surface area contributed by atoms with Crippen molar-refractivity contribution in [1.29, 1.82) is 0 Å². The molecule has 2 unspecified atom stereocenters. The van der Waals surface area contributed by atoms with Gasteiger partial charge in [-0.25, -0.2) is 4.68 Å². The number of benzene rings is 1. The van der Waals surface area contributed by atoms with Crippen molar-refractivity contribution in [2.75, 3.05) is 13.1 Å². The van der Waals surface area contributed by atoms with Crippen molar-refractivity contribution in [3.8, 4) is 5.69 Å². The van der Waals surface area contributed by atoms with Crippen molar-refractivity contribution in [2.24, 2.45) is 0 Å². The van der Waals surface area contributed by atoms with E-state index in [2.05, 4.69) is 10.4 Å². The van der Waals surface area contributed by atoms with Crippen LogP contribution in [0.5, 0.6) is 0 Å². The molecule has 2 aliphatic rings. The number of nitrogens with zero attached hydrogens (tertiary/aromatic N) is 3. The van der Waals surface area contributed by atoms with Crippen molar-refractivity contribution in [1.82, 2.24) is 20.0 Å². The zero-order valence-corrected chi connectivity index (χ0v) is 14.0. The molecule has 2 saturated heterocycles. The van der Waals surface area contributed by atoms with Crippen LogP contribution < -0.4 is 5.32 Å². The zero-order chi connectivity index (χ0) is 18.3. The Balaban J connectivity index is 1.61. The molecule has 4 rings (SSSR count). The van der Waals surface area contributed by atoms with Crippen LogP contribution in [0, 0.1) is 0 Å². The highest BCUT2D eigenvalue weighted by atomic mass is 19.4. The number of halogens is 3. The van der Waals surface area contributed by atoms with E-state index in [4.69, 9.17) is 0 Å². The number of carbonyl (C=O) groups excluding carboxylic acids is 1. The third-order valence-corrected chi connectivity index (χ3v) is 5.13. The Bertz CT molecular complexity index is 803. The zero-order valence-electron chi connectivity index (χ0n) is 14.0. The summed E-state index contributed by atoms with van der Waals surface area (Å²) in [4.78, 5) is 15.0. The topological polar surface area (TPSA) is 50.2 Å². The Morgan fingerprint density at radius 1 is 1.15 bits per heavy atom. The van der Waals surface area contributed by atoms with Gasteiger partial charge in [-0.15, -0.1) is 0 Å². The molecule has 5 nitrogen and oxygen atoms in total. The van der Waals surface area contributed by atoms with Crippen molar-refractivity contribution >= 4 is 5.91 Å². The van der Waals surface area contributed by atoms with Crippen LogP contribution in [0.25, 0.3) is 5.69 Å². The Morgan fingerprint density at radius 2 is 1.96 bits per heavy atom. The molecule has 0 spiro atoms. The first kappa shape index (κ1) is 17.1. The van der Waals surface area contributed by atoms with Crippen LogP contribution in [-0.4, -0.2) is 45.8 Å². The minimum Gasteiger partial charge on any atom is -0.331 e. The molecule has 138 valence electrons. The molecular formula is C18H19F3N4O. The van der Waals surface area contributed by atoms with Gasteiger partial charge in [0.15, 0.2) is 5.69 Å². The van der Waals surface area contributed by atoms with Crippen LogP contribution in [-0.2, 0) is 6.18 Å². The van der Waals surface area contributed by atoms with Crippen LogP contribution in [0.15, 0.2) is 36.5 Å². The minimum atomic E-state index is -4.49. The second kappa shape index (κ2) is 6.42. The molecule has 1 aromatic heterocycles. The lowest BCUT2D eigenvalue weighted by atomic mass is 10.1. The van der Waals surface area contributed by atoms with E-state index in [0.29, 0.717) is 11.3 Å². The predicted molar refractivity (Wildman–Crippen MR) is 89.0 cm³/mol. The quantitative estimate of drug-likeness (QED) is 0.892. The molecule has 2 aliphatic heterocycles. The molecule has 0 radical (unpaired) electrons. The Labute approximate surface area is 148 Å². The summed E-state index contributed by atoms with van der Waals surface area (Å²) in [5.41, 5.74) is -0.0390. The lowest BCUT2D eigenvalue weighted by Crippen LogP contribution is -2.42. The van der Waals surface area contributed by atoms with Gasteiger partial charge in [0.25, 0.3) is 5.91 Å². The van der Waals surface area contributed by atoms with Gasteiger partial charge in [0, 0.05) is 30.4 Å². The molecule has 0 aliphatic carbocycles. The summed E-state index contributed by atoms with van der Waals surface area (Å²) < 4.78 is 39.4. The Hall–Kier alpha value is -2.35. The van der Waals surface area contributed by atoms with Crippen LogP contribution in [0.3, 0.4) is 0 Å². The first-order valence-corrected chi connectivity index (χ1v) is 8.70. The van der Waals surface area contributed by atoms with Crippen LogP contribution in [0.1, 0.15) is 35.3 Å². The second-order valence-electron chi connectivity index (χ2n) is 6.78. The van der Waals surface area contributed by atoms with Crippen LogP contribution in [0.2, 0.25) is 0 Å². The molecule has 2 aromatic rings. The van der Waals surface area contributed by atoms with Gasteiger partial charge < -0.3 is 10.2 Å². The number of hydrogen-bond donors (Lipinski definition) is 1. The van der Waals surface area contributed by atoms with Gasteiger partial charge in [0.05, 0.1) is 5.69 Å². The average molecular weight is 364 g/mol. The fourth-order valence-corrected chi connectivity index (χ4v) is 3.86. The second-order valence-corrected chi connectivity index (χ2v) is 6.78. The predicted octanol–water partition coefficient (Wildman–Crippen LogP) is 2.86. The van der Waals surface area contributed by atoms with E-state index in [1.165, 1.54) is 6.20 Å². The molecule has 1 N–H and O–H groups in total. The molecule has 8 heteroatoms. The van der Waals surface area contributed by atoms with E-state index >= 15 is 0 Å². The third-order valence-electron chi connectivity index (χ3n) is 5.13. The number of rotatable bonds is 2. The monoisotopic (exact) mass is 364 g/mol. The first-order valence-electron chi connectivity index (χ1n) is 8.70. The van der Waals surface area contributed by atoms with Crippen LogP contribution in [0.4, 0.5) is 13.2 Å². The number of aromatic nitrogens is 2. The molecule has 1 amide bonds. The summed E-state index contributed by atoms with van der Waals surface area (Å²) >= 11 is 0. The van der Waals surface area contributed by atoms with E-state index in [9.17, 15) is 18.0 Å². The van der Waals surface area contributed by atoms with Gasteiger partial charge in [0.1, 0.15) is 0 Å². The number of amides is 1. The lowest BCUT2D eigenvalue weighted by Gasteiger charge is -2.28. The minimum absolute atomic E-state index is 0.0637. The van der Waals surface area contributed by atoms with Crippen LogP contribution >= 0.6 is 0 Å². The normalized spacial score (nSPS) is 23.1. The average Bonchev–Trinajstić information content (AvgIpc) is 3.18. The van der Waals surface area contributed by atoms with E-state index in [1.807, 2.05) is 4.90 Å². The maximum absolute atomic E-state index is 13.0. The SMILES string of the molecule is O=C(c1cccc(-n2ccc(C(F)(F)F)n2)c1)N1C2CCNCC1CC2. The molecular weight excluding hydrogens is 345 g/mol. The highest BCUT2D eigenvalue weighted by Gasteiger charge is 2.38. The number of nitrogens with one attached hydrogen (secondary N) is 1. The van der Waals surface area contributed by atoms with Crippen molar-refractivity contribution in [3.63, 3.8) is 0 Å². The Kier molecular flexibility index (Phi) is 4.22. The summed E-state index contributed by atoms with van der Waals surface area (Å²) in [5, 5.41) is 6.93. The van der Waals surface area contributed by atoms with Gasteiger partial charge >= 0.3 is 6.18 Å². The summed E-state index contributed by atoms with van der Waals surface area (Å²) in [6.45, 7) is 1.69. The van der Waals surface area contributed by atoms with E-state index in [-0.39, 0.29) is 18.0 Å². The summed E-state index contributed by atoms with van der Waals surface area (Å²) in [6.07, 6.45) is -0.317. The van der Waals surface area contributed by atoms with Gasteiger partial charge in [0.2, 0.25) is 0 Å². The molecule has 2 atom stereocenters. The van der Waals surface area contributed by atoms with Gasteiger partial charge in [-0.1, -0.05) is 6.07 Å². The highest BCUT2D eigenvalue weighted by molar-refractivity contribution is 5.95. The van der Waals surface area contributed by atoms with Gasteiger partial charge in [-0.3, -0.25) is 4.79 Å². The maximum Gasteiger partial charge on any atom is 0.435 e. The third kappa shape index (κ3) is 3.09. The molecule has 1 aromatic carbocycles. The van der Waals surface area contributed by atoms with Crippen molar-refractivity contribution < 1.29 is 18.0 Å². The highest BCUT2D eigenvalue weighted by Crippen LogP contribution is 2.30. The first-order chi connectivity index (χ1) is 12.4. The summed E-state index contributed by atoms with van der Waals surface area (Å²) in [5.74, 6) is -0.0637. The van der Waals surface area contributed by atoms with Gasteiger partial charge in [-0.05, 0) is 50.1 Å². The lowest BCUT2D eigenvalue weighted by molar-refractivity contribution is -0.141. The number of alkyl halides is 3. The van der Waals surface area contributed by atoms with E-state index < -0.39 is 11.9 Å². The van der Waals surface area contributed by atoms with Crippen molar-refractivity contribution in [2.45, 2.75) is 37.5 Å². The van der Waals surface area contributed by atoms with E-state index in [0.717, 1.165) is 43.1 Å². The number of hydrogen-bond acceptors (Lipinski definition) is 3. The number of fused-ring (bicyclic) bond motifs is 2. The van der Waals surface area contributed by atoms with Crippen molar-refractivity contribution in [3.05, 3.63) is 47.8 Å². The fourth-order valence-electron chi connectivity index (χ4n) is 3.86. The standard InChI is InChI=1S/C18H19F3N4O/c19-18(20,21)16-7-9-24(23-16)14-3-1-2-12(10-14)17(26)25-13-4-5-15(25)11-22-8-6-13/h1-3,7,9-10,13,15,22H,4-6,8,11H2. The largest absolute Gasteiger partial charge is 0.435 e. The molecule has 3 heterocycles. The maximum atomic E-state index is 13.0. The summed E-state index contributed by atoms with van der Waals surface area (Å²) in [7, 11) is 0. The molecule has 2 fully saturated rings. The fraction of sp³-hybridized carbons (Fsp3) is 0.444. The van der Waals surface area contributed by atoms with Gasteiger partial charge in [-0.2, -0.15) is 18.3 Å². The van der Waals surface area contributed by atoms with E-state index in [1.54, 1.807) is 24.3 Å². The Morgan fingerprint density at radius 3 is 2.73 bits per heavy atom. The number of carbonyl (C=O) groups is 1. The smallest absolute Gasteiger partial charge is 0.331 e. The molecule has 0 saturated carbocycles. The molecule has 26 heavy (non-hydrogen) atoms. The summed E-state index contributed by atoms with van der Waals surface area (Å²) in [6, 6.07) is 7.96.